The van der Waals surface area contributed by atoms with Gasteiger partial charge in [0.2, 0.25) is 0 Å². The van der Waals surface area contributed by atoms with Crippen LogP contribution in [0.2, 0.25) is 0 Å². The van der Waals surface area contributed by atoms with E-state index in [9.17, 15) is 0 Å². The Labute approximate surface area is 118 Å². The Balaban J connectivity index is 2.09. The van der Waals surface area contributed by atoms with Crippen LogP contribution < -0.4 is 5.32 Å². The second-order valence-electron chi connectivity index (χ2n) is 6.44. The van der Waals surface area contributed by atoms with Crippen molar-refractivity contribution in [2.45, 2.75) is 72.4 Å². The second-order valence-corrected chi connectivity index (χ2v) is 6.44. The number of pyridine rings is 1. The van der Waals surface area contributed by atoms with Crippen LogP contribution in [0.25, 0.3) is 0 Å². The fraction of sp³-hybridized carbons (Fsp3) is 0.706. The minimum atomic E-state index is 0.406. The van der Waals surface area contributed by atoms with Crippen LogP contribution in [0.4, 0.5) is 0 Å². The molecule has 2 nitrogen and oxygen atoms in total. The van der Waals surface area contributed by atoms with E-state index < -0.39 is 0 Å². The van der Waals surface area contributed by atoms with Crippen molar-refractivity contribution >= 4 is 0 Å². The lowest BCUT2D eigenvalue weighted by Gasteiger charge is -2.31. The molecule has 19 heavy (non-hydrogen) atoms. The Kier molecular flexibility index (Phi) is 4.62. The van der Waals surface area contributed by atoms with Crippen LogP contribution in [0.1, 0.15) is 68.1 Å². The highest BCUT2D eigenvalue weighted by molar-refractivity contribution is 5.33. The quantitative estimate of drug-likeness (QED) is 0.879. The maximum absolute atomic E-state index is 4.62. The van der Waals surface area contributed by atoms with Crippen LogP contribution >= 0.6 is 0 Å². The number of nitrogens with one attached hydrogen (secondary N) is 1. The molecule has 0 amide bonds. The van der Waals surface area contributed by atoms with E-state index in [1.54, 1.807) is 0 Å². The zero-order valence-electron chi connectivity index (χ0n) is 13.1. The van der Waals surface area contributed by atoms with E-state index in [2.05, 4.69) is 51.0 Å². The highest BCUT2D eigenvalue weighted by atomic mass is 15.0. The van der Waals surface area contributed by atoms with Crippen molar-refractivity contribution in [3.63, 3.8) is 0 Å². The number of rotatable bonds is 3. The Bertz CT molecular complexity index is 416. The van der Waals surface area contributed by atoms with Gasteiger partial charge in [0.15, 0.2) is 0 Å². The molecule has 1 heterocycles. The third kappa shape index (κ3) is 3.56. The van der Waals surface area contributed by atoms with Crippen molar-refractivity contribution < 1.29 is 0 Å². The van der Waals surface area contributed by atoms with Crippen molar-refractivity contribution in [3.05, 3.63) is 28.6 Å². The summed E-state index contributed by atoms with van der Waals surface area (Å²) in [5.74, 6) is 0.872. The topological polar surface area (TPSA) is 24.9 Å². The molecule has 1 N–H and O–H groups in total. The van der Waals surface area contributed by atoms with Crippen LogP contribution in [-0.4, -0.2) is 11.0 Å². The van der Waals surface area contributed by atoms with E-state index in [1.165, 1.54) is 42.5 Å². The highest BCUT2D eigenvalue weighted by Crippen LogP contribution is 2.27. The second kappa shape index (κ2) is 6.04. The largest absolute Gasteiger partial charge is 0.307 e. The zero-order chi connectivity index (χ0) is 14.0. The summed E-state index contributed by atoms with van der Waals surface area (Å²) in [6.45, 7) is 11.1. The molecule has 0 spiro atoms. The average molecular weight is 260 g/mol. The van der Waals surface area contributed by atoms with Gasteiger partial charge in [-0.2, -0.15) is 0 Å². The van der Waals surface area contributed by atoms with Crippen molar-refractivity contribution in [3.8, 4) is 0 Å². The standard InChI is InChI=1S/C17H28N2/c1-11-7-6-8-16(9-11)19-15(5)17-12(2)10-13(3)18-14(17)4/h10-11,15-16,19H,6-9H2,1-5H3. The number of nitrogens with zero attached hydrogens (tertiary/aromatic N) is 1. The minimum absolute atomic E-state index is 0.406. The molecule has 0 saturated heterocycles. The first kappa shape index (κ1) is 14.5. The van der Waals surface area contributed by atoms with Crippen LogP contribution in [-0.2, 0) is 0 Å². The van der Waals surface area contributed by atoms with Gasteiger partial charge >= 0.3 is 0 Å². The fourth-order valence-corrected chi connectivity index (χ4v) is 3.71. The molecule has 0 aromatic carbocycles. The fourth-order valence-electron chi connectivity index (χ4n) is 3.71. The Morgan fingerprint density at radius 2 is 2.00 bits per heavy atom. The SMILES string of the molecule is Cc1cc(C)c(C(C)NC2CCCC(C)C2)c(C)n1. The van der Waals surface area contributed by atoms with E-state index in [-0.39, 0.29) is 0 Å². The summed E-state index contributed by atoms with van der Waals surface area (Å²) in [4.78, 5) is 4.62. The van der Waals surface area contributed by atoms with E-state index in [0.29, 0.717) is 12.1 Å². The van der Waals surface area contributed by atoms with Crippen LogP contribution in [0.15, 0.2) is 6.07 Å². The van der Waals surface area contributed by atoms with E-state index in [4.69, 9.17) is 0 Å². The van der Waals surface area contributed by atoms with Crippen LogP contribution in [0.3, 0.4) is 0 Å². The molecule has 3 unspecified atom stereocenters. The van der Waals surface area contributed by atoms with Gasteiger partial charge in [-0.15, -0.1) is 0 Å². The van der Waals surface area contributed by atoms with E-state index in [0.717, 1.165) is 11.6 Å². The number of hydrogen-bond donors (Lipinski definition) is 1. The summed E-state index contributed by atoms with van der Waals surface area (Å²) in [6.07, 6.45) is 5.42. The first-order chi connectivity index (χ1) is 8.97. The maximum Gasteiger partial charge on any atom is 0.0426 e. The van der Waals surface area contributed by atoms with E-state index >= 15 is 0 Å². The Hall–Kier alpha value is -0.890. The third-order valence-corrected chi connectivity index (χ3v) is 4.44. The third-order valence-electron chi connectivity index (χ3n) is 4.44. The molecule has 3 atom stereocenters. The molecule has 2 rings (SSSR count). The predicted octanol–water partition coefficient (Wildman–Crippen LogP) is 4.24. The number of aromatic nitrogens is 1. The molecule has 106 valence electrons. The lowest BCUT2D eigenvalue weighted by atomic mass is 9.86. The average Bonchev–Trinajstić information content (AvgIpc) is 2.27. The molecule has 1 aromatic heterocycles. The van der Waals surface area contributed by atoms with Crippen molar-refractivity contribution in [2.75, 3.05) is 0 Å². The monoisotopic (exact) mass is 260 g/mol. The summed E-state index contributed by atoms with van der Waals surface area (Å²) in [5.41, 5.74) is 5.07. The van der Waals surface area contributed by atoms with Gasteiger partial charge in [-0.3, -0.25) is 4.98 Å². The number of hydrogen-bond acceptors (Lipinski definition) is 2. The molecule has 1 aliphatic rings. The number of aryl methyl sites for hydroxylation is 3. The molecule has 1 aromatic rings. The van der Waals surface area contributed by atoms with Gasteiger partial charge in [-0.25, -0.2) is 0 Å². The predicted molar refractivity (Wildman–Crippen MR) is 81.4 cm³/mol. The maximum atomic E-state index is 4.62. The lowest BCUT2D eigenvalue weighted by molar-refractivity contribution is 0.285. The molecule has 2 heteroatoms. The molecule has 1 fully saturated rings. The molecule has 1 aliphatic carbocycles. The van der Waals surface area contributed by atoms with Crippen molar-refractivity contribution in [1.82, 2.24) is 10.3 Å². The first-order valence-corrected chi connectivity index (χ1v) is 7.68. The molecule has 0 aliphatic heterocycles. The molecular weight excluding hydrogens is 232 g/mol. The van der Waals surface area contributed by atoms with Gasteiger partial charge in [0.05, 0.1) is 0 Å². The van der Waals surface area contributed by atoms with Gasteiger partial charge in [0.1, 0.15) is 0 Å². The summed E-state index contributed by atoms with van der Waals surface area (Å²) in [7, 11) is 0. The van der Waals surface area contributed by atoms with Crippen LogP contribution in [0, 0.1) is 26.7 Å². The van der Waals surface area contributed by atoms with Gasteiger partial charge < -0.3 is 5.32 Å². The Morgan fingerprint density at radius 1 is 1.26 bits per heavy atom. The summed E-state index contributed by atoms with van der Waals surface area (Å²) < 4.78 is 0. The summed E-state index contributed by atoms with van der Waals surface area (Å²) in [5, 5.41) is 3.83. The van der Waals surface area contributed by atoms with Gasteiger partial charge in [-0.05, 0) is 63.6 Å². The lowest BCUT2D eigenvalue weighted by Crippen LogP contribution is -2.35. The van der Waals surface area contributed by atoms with Gasteiger partial charge in [-0.1, -0.05) is 19.8 Å². The minimum Gasteiger partial charge on any atom is -0.307 e. The first-order valence-electron chi connectivity index (χ1n) is 7.68. The zero-order valence-corrected chi connectivity index (χ0v) is 13.1. The Morgan fingerprint density at radius 3 is 2.63 bits per heavy atom. The van der Waals surface area contributed by atoms with Gasteiger partial charge in [0, 0.05) is 23.5 Å². The molecular formula is C17H28N2. The summed E-state index contributed by atoms with van der Waals surface area (Å²) >= 11 is 0. The van der Waals surface area contributed by atoms with Crippen molar-refractivity contribution in [2.24, 2.45) is 5.92 Å². The van der Waals surface area contributed by atoms with Crippen molar-refractivity contribution in [1.29, 1.82) is 0 Å². The normalized spacial score (nSPS) is 25.3. The molecule has 0 bridgehead atoms. The van der Waals surface area contributed by atoms with Crippen LogP contribution in [0.5, 0.6) is 0 Å². The van der Waals surface area contributed by atoms with Gasteiger partial charge in [0.25, 0.3) is 0 Å². The molecule has 0 radical (unpaired) electrons. The van der Waals surface area contributed by atoms with E-state index in [1.807, 2.05) is 0 Å². The highest BCUT2D eigenvalue weighted by Gasteiger charge is 2.22. The summed E-state index contributed by atoms with van der Waals surface area (Å²) in [6, 6.07) is 3.28. The smallest absolute Gasteiger partial charge is 0.0426 e. The molecule has 1 saturated carbocycles.